The number of rotatable bonds is 7. The van der Waals surface area contributed by atoms with Crippen molar-refractivity contribution in [3.05, 3.63) is 65.7 Å². The van der Waals surface area contributed by atoms with Crippen molar-refractivity contribution in [2.24, 2.45) is 0 Å². The highest BCUT2D eigenvalue weighted by Gasteiger charge is 2.01. The van der Waals surface area contributed by atoms with Crippen molar-refractivity contribution in [2.45, 2.75) is 12.8 Å². The Bertz CT molecular complexity index is 585. The fourth-order valence-corrected chi connectivity index (χ4v) is 2.18. The second-order valence-electron chi connectivity index (χ2n) is 5.02. The smallest absolute Gasteiger partial charge is 0.314 e. The van der Waals surface area contributed by atoms with E-state index in [2.05, 4.69) is 22.8 Å². The van der Waals surface area contributed by atoms with Gasteiger partial charge in [-0.1, -0.05) is 42.5 Å². The monoisotopic (exact) mass is 298 g/mol. The lowest BCUT2D eigenvalue weighted by molar-refractivity contribution is 0.241. The molecule has 0 bridgehead atoms. The number of methoxy groups -OCH3 is 1. The van der Waals surface area contributed by atoms with E-state index in [1.807, 2.05) is 42.5 Å². The molecule has 2 amide bonds. The maximum Gasteiger partial charge on any atom is 0.314 e. The molecule has 0 fully saturated rings. The van der Waals surface area contributed by atoms with Crippen molar-refractivity contribution < 1.29 is 9.53 Å². The molecule has 0 heterocycles. The molecule has 0 saturated carbocycles. The SMILES string of the molecule is COc1cccc(CCNC(=O)NCCc2ccccc2)c1. The Hall–Kier alpha value is -2.49. The lowest BCUT2D eigenvalue weighted by atomic mass is 10.1. The molecule has 2 aromatic carbocycles. The van der Waals surface area contributed by atoms with Gasteiger partial charge in [0.1, 0.15) is 5.75 Å². The molecule has 2 aromatic rings. The fourth-order valence-electron chi connectivity index (χ4n) is 2.18. The van der Waals surface area contributed by atoms with Gasteiger partial charge in [-0.15, -0.1) is 0 Å². The quantitative estimate of drug-likeness (QED) is 0.826. The van der Waals surface area contributed by atoms with Gasteiger partial charge in [0.05, 0.1) is 7.11 Å². The summed E-state index contributed by atoms with van der Waals surface area (Å²) in [5.41, 5.74) is 2.36. The van der Waals surface area contributed by atoms with Crippen LogP contribution >= 0.6 is 0 Å². The Morgan fingerprint density at radius 1 is 0.909 bits per heavy atom. The van der Waals surface area contributed by atoms with E-state index in [0.717, 1.165) is 24.2 Å². The zero-order chi connectivity index (χ0) is 15.6. The molecule has 0 aromatic heterocycles. The average Bonchev–Trinajstić information content (AvgIpc) is 2.56. The molecule has 0 spiro atoms. The van der Waals surface area contributed by atoms with Gasteiger partial charge in [-0.25, -0.2) is 4.79 Å². The summed E-state index contributed by atoms with van der Waals surface area (Å²) in [6.45, 7) is 1.24. The van der Waals surface area contributed by atoms with Crippen LogP contribution in [0.15, 0.2) is 54.6 Å². The number of carbonyl (C=O) groups is 1. The summed E-state index contributed by atoms with van der Waals surface area (Å²) >= 11 is 0. The number of benzene rings is 2. The van der Waals surface area contributed by atoms with Gasteiger partial charge in [-0.3, -0.25) is 0 Å². The minimum atomic E-state index is -0.126. The Labute approximate surface area is 131 Å². The molecule has 2 N–H and O–H groups in total. The van der Waals surface area contributed by atoms with Gasteiger partial charge >= 0.3 is 6.03 Å². The average molecular weight is 298 g/mol. The van der Waals surface area contributed by atoms with E-state index in [1.165, 1.54) is 5.56 Å². The van der Waals surface area contributed by atoms with Crippen LogP contribution in [0.5, 0.6) is 5.75 Å². The molecule has 0 atom stereocenters. The Morgan fingerprint density at radius 3 is 2.23 bits per heavy atom. The van der Waals surface area contributed by atoms with Crippen LogP contribution in [-0.4, -0.2) is 26.2 Å². The van der Waals surface area contributed by atoms with Crippen LogP contribution in [0.4, 0.5) is 4.79 Å². The number of hydrogen-bond acceptors (Lipinski definition) is 2. The molecule has 0 aliphatic carbocycles. The molecule has 4 nitrogen and oxygen atoms in total. The predicted molar refractivity (Wildman–Crippen MR) is 88.2 cm³/mol. The first-order valence-electron chi connectivity index (χ1n) is 7.46. The summed E-state index contributed by atoms with van der Waals surface area (Å²) in [4.78, 5) is 11.7. The highest BCUT2D eigenvalue weighted by molar-refractivity contribution is 5.73. The standard InChI is InChI=1S/C18H22N2O2/c1-22-17-9-5-8-16(14-17)11-13-20-18(21)19-12-10-15-6-3-2-4-7-15/h2-9,14H,10-13H2,1H3,(H2,19,20,21). The van der Waals surface area contributed by atoms with Crippen molar-refractivity contribution in [3.63, 3.8) is 0 Å². The van der Waals surface area contributed by atoms with E-state index in [0.29, 0.717) is 13.1 Å². The highest BCUT2D eigenvalue weighted by Crippen LogP contribution is 2.12. The largest absolute Gasteiger partial charge is 0.497 e. The van der Waals surface area contributed by atoms with Crippen molar-refractivity contribution >= 4 is 6.03 Å². The predicted octanol–water partition coefficient (Wildman–Crippen LogP) is 2.78. The van der Waals surface area contributed by atoms with Crippen molar-refractivity contribution in [3.8, 4) is 5.75 Å². The molecule has 2 rings (SSSR count). The first-order valence-corrected chi connectivity index (χ1v) is 7.46. The summed E-state index contributed by atoms with van der Waals surface area (Å²) < 4.78 is 5.18. The highest BCUT2D eigenvalue weighted by atomic mass is 16.5. The topological polar surface area (TPSA) is 50.4 Å². The van der Waals surface area contributed by atoms with Crippen LogP contribution in [0.25, 0.3) is 0 Å². The van der Waals surface area contributed by atoms with E-state index in [1.54, 1.807) is 7.11 Å². The molecule has 0 aliphatic rings. The van der Waals surface area contributed by atoms with Gasteiger partial charge in [0.2, 0.25) is 0 Å². The summed E-state index contributed by atoms with van der Waals surface area (Å²) in [6, 6.07) is 17.9. The third-order valence-electron chi connectivity index (χ3n) is 3.38. The van der Waals surface area contributed by atoms with Gasteiger partial charge in [0.15, 0.2) is 0 Å². The van der Waals surface area contributed by atoms with Crippen LogP contribution in [0, 0.1) is 0 Å². The van der Waals surface area contributed by atoms with E-state index in [-0.39, 0.29) is 6.03 Å². The second kappa shape index (κ2) is 8.72. The number of nitrogens with one attached hydrogen (secondary N) is 2. The van der Waals surface area contributed by atoms with Gasteiger partial charge in [-0.2, -0.15) is 0 Å². The lowest BCUT2D eigenvalue weighted by Crippen LogP contribution is -2.37. The van der Waals surface area contributed by atoms with Crippen LogP contribution in [0.2, 0.25) is 0 Å². The molecule has 0 saturated heterocycles. The number of urea groups is 1. The Kier molecular flexibility index (Phi) is 6.30. The normalized spacial score (nSPS) is 10.0. The zero-order valence-corrected chi connectivity index (χ0v) is 12.8. The van der Waals surface area contributed by atoms with Crippen molar-refractivity contribution in [2.75, 3.05) is 20.2 Å². The summed E-state index contributed by atoms with van der Waals surface area (Å²) in [6.07, 6.45) is 1.62. The first kappa shape index (κ1) is 15.9. The number of amides is 2. The Balaban J connectivity index is 1.63. The third kappa shape index (κ3) is 5.48. The van der Waals surface area contributed by atoms with Gasteiger partial charge in [0, 0.05) is 13.1 Å². The first-order chi connectivity index (χ1) is 10.8. The van der Waals surface area contributed by atoms with Crippen LogP contribution in [-0.2, 0) is 12.8 Å². The molecule has 22 heavy (non-hydrogen) atoms. The lowest BCUT2D eigenvalue weighted by Gasteiger charge is -2.08. The fraction of sp³-hybridized carbons (Fsp3) is 0.278. The number of hydrogen-bond donors (Lipinski definition) is 2. The summed E-state index contributed by atoms with van der Waals surface area (Å²) in [5.74, 6) is 0.838. The maximum atomic E-state index is 11.7. The van der Waals surface area contributed by atoms with Crippen molar-refractivity contribution in [1.82, 2.24) is 10.6 Å². The van der Waals surface area contributed by atoms with Gasteiger partial charge in [-0.05, 0) is 36.1 Å². The number of carbonyl (C=O) groups excluding carboxylic acids is 1. The number of ether oxygens (including phenoxy) is 1. The molecule has 0 unspecified atom stereocenters. The van der Waals surface area contributed by atoms with Crippen LogP contribution in [0.1, 0.15) is 11.1 Å². The maximum absolute atomic E-state index is 11.7. The van der Waals surface area contributed by atoms with E-state index < -0.39 is 0 Å². The molecule has 4 heteroatoms. The summed E-state index contributed by atoms with van der Waals surface area (Å²) in [7, 11) is 1.65. The van der Waals surface area contributed by atoms with Crippen LogP contribution in [0.3, 0.4) is 0 Å². The van der Waals surface area contributed by atoms with Crippen molar-refractivity contribution in [1.29, 1.82) is 0 Å². The third-order valence-corrected chi connectivity index (χ3v) is 3.38. The minimum Gasteiger partial charge on any atom is -0.497 e. The molecular formula is C18H22N2O2. The molecule has 116 valence electrons. The van der Waals surface area contributed by atoms with Gasteiger partial charge < -0.3 is 15.4 Å². The molecule has 0 radical (unpaired) electrons. The zero-order valence-electron chi connectivity index (χ0n) is 12.8. The molecular weight excluding hydrogens is 276 g/mol. The van der Waals surface area contributed by atoms with Crippen LogP contribution < -0.4 is 15.4 Å². The summed E-state index contributed by atoms with van der Waals surface area (Å²) in [5, 5.41) is 5.73. The van der Waals surface area contributed by atoms with E-state index in [9.17, 15) is 4.79 Å². The van der Waals surface area contributed by atoms with E-state index >= 15 is 0 Å². The molecule has 0 aliphatic heterocycles. The minimum absolute atomic E-state index is 0.126. The van der Waals surface area contributed by atoms with Gasteiger partial charge in [0.25, 0.3) is 0 Å². The Morgan fingerprint density at radius 2 is 1.55 bits per heavy atom. The second-order valence-corrected chi connectivity index (χ2v) is 5.02. The van der Waals surface area contributed by atoms with E-state index in [4.69, 9.17) is 4.74 Å².